The van der Waals surface area contributed by atoms with Crippen LogP contribution in [-0.2, 0) is 6.54 Å². The second kappa shape index (κ2) is 12.2. The summed E-state index contributed by atoms with van der Waals surface area (Å²) >= 11 is 3.55. The predicted molar refractivity (Wildman–Crippen MR) is 108 cm³/mol. The topological polar surface area (TPSA) is 33.7 Å². The molecule has 24 heavy (non-hydrogen) atoms. The summed E-state index contributed by atoms with van der Waals surface area (Å²) in [6.45, 7) is 9.06. The van der Waals surface area contributed by atoms with Crippen LogP contribution < -0.4 is 14.8 Å². The van der Waals surface area contributed by atoms with Gasteiger partial charge in [0, 0.05) is 29.2 Å². The molecule has 1 N–H and O–H groups in total. The van der Waals surface area contributed by atoms with Crippen LogP contribution in [0.2, 0.25) is 0 Å². The summed E-state index contributed by atoms with van der Waals surface area (Å²) in [7, 11) is 1.68. The molecule has 1 saturated heterocycles. The smallest absolute Gasteiger partial charge is 0.165 e. The molecule has 0 radical (unpaired) electrons. The highest BCUT2D eigenvalue weighted by atomic mass is 79.9. The first-order valence-corrected chi connectivity index (χ1v) is 8.92. The minimum atomic E-state index is 0. The summed E-state index contributed by atoms with van der Waals surface area (Å²) in [5.41, 5.74) is 1.13. The Morgan fingerprint density at radius 2 is 2.04 bits per heavy atom. The summed E-state index contributed by atoms with van der Waals surface area (Å²) in [5, 5.41) is 3.59. The number of hydrogen-bond donors (Lipinski definition) is 1. The number of rotatable bonds is 8. The molecule has 0 bridgehead atoms. The fourth-order valence-corrected chi connectivity index (χ4v) is 3.61. The van der Waals surface area contributed by atoms with Gasteiger partial charge in [0.1, 0.15) is 0 Å². The van der Waals surface area contributed by atoms with Gasteiger partial charge in [0.05, 0.1) is 13.7 Å². The summed E-state index contributed by atoms with van der Waals surface area (Å²) in [5.74, 6) is 1.63. The van der Waals surface area contributed by atoms with E-state index in [0.29, 0.717) is 12.6 Å². The van der Waals surface area contributed by atoms with Gasteiger partial charge < -0.3 is 14.8 Å². The maximum absolute atomic E-state index is 5.78. The Hall–Kier alpha value is -0.200. The van der Waals surface area contributed by atoms with E-state index in [-0.39, 0.29) is 24.8 Å². The summed E-state index contributed by atoms with van der Waals surface area (Å²) in [4.78, 5) is 2.55. The number of nitrogens with zero attached hydrogens (tertiary/aromatic N) is 1. The molecule has 4 nitrogen and oxygen atoms in total. The fraction of sp³-hybridized carbons (Fsp3) is 0.647. The first kappa shape index (κ1) is 23.8. The minimum absolute atomic E-state index is 0. The van der Waals surface area contributed by atoms with E-state index in [1.807, 2.05) is 13.0 Å². The number of likely N-dealkylation sites (tertiary alicyclic amines) is 1. The second-order valence-corrected chi connectivity index (χ2v) is 6.50. The molecule has 0 spiro atoms. The van der Waals surface area contributed by atoms with Crippen molar-refractivity contribution in [2.45, 2.75) is 39.3 Å². The lowest BCUT2D eigenvalue weighted by Gasteiger charge is -2.23. The highest BCUT2D eigenvalue weighted by molar-refractivity contribution is 9.10. The van der Waals surface area contributed by atoms with Gasteiger partial charge in [-0.3, -0.25) is 4.90 Å². The number of nitrogens with one attached hydrogen (secondary N) is 1. The molecule has 1 atom stereocenters. The number of hydrogen-bond acceptors (Lipinski definition) is 4. The van der Waals surface area contributed by atoms with Crippen molar-refractivity contribution in [1.29, 1.82) is 0 Å². The normalized spacial score (nSPS) is 17.1. The van der Waals surface area contributed by atoms with Crippen molar-refractivity contribution in [1.82, 2.24) is 10.2 Å². The van der Waals surface area contributed by atoms with E-state index in [0.717, 1.165) is 41.2 Å². The zero-order valence-corrected chi connectivity index (χ0v) is 17.9. The zero-order valence-electron chi connectivity index (χ0n) is 14.6. The Labute approximate surface area is 166 Å². The molecular formula is C17H29BrCl2N2O2. The highest BCUT2D eigenvalue weighted by Gasteiger charge is 2.22. The van der Waals surface area contributed by atoms with E-state index in [2.05, 4.69) is 39.1 Å². The first-order valence-electron chi connectivity index (χ1n) is 8.13. The average molecular weight is 444 g/mol. The van der Waals surface area contributed by atoms with E-state index in [1.54, 1.807) is 7.11 Å². The standard InChI is InChI=1S/C17H27BrN2O2.2ClH/c1-4-20-8-6-7-15(20)12-19-11-13-9-14(18)10-16(21-3)17(13)22-5-2;;/h9-10,15,19H,4-8,11-12H2,1-3H3;2*1H. The third-order valence-electron chi connectivity index (χ3n) is 4.21. The second-order valence-electron chi connectivity index (χ2n) is 5.58. The molecule has 1 unspecified atom stereocenters. The van der Waals surface area contributed by atoms with Crippen molar-refractivity contribution in [2.75, 3.05) is 33.4 Å². The van der Waals surface area contributed by atoms with Gasteiger partial charge in [0.2, 0.25) is 0 Å². The molecule has 0 aliphatic carbocycles. The van der Waals surface area contributed by atoms with E-state index in [1.165, 1.54) is 19.4 Å². The van der Waals surface area contributed by atoms with Gasteiger partial charge in [0.15, 0.2) is 11.5 Å². The molecule has 1 aliphatic rings. The van der Waals surface area contributed by atoms with E-state index in [9.17, 15) is 0 Å². The minimum Gasteiger partial charge on any atom is -0.493 e. The molecule has 0 saturated carbocycles. The molecule has 7 heteroatoms. The van der Waals surface area contributed by atoms with Gasteiger partial charge in [-0.15, -0.1) is 24.8 Å². The maximum Gasteiger partial charge on any atom is 0.165 e. The molecule has 1 fully saturated rings. The van der Waals surface area contributed by atoms with Crippen molar-refractivity contribution in [3.63, 3.8) is 0 Å². The molecule has 140 valence electrons. The van der Waals surface area contributed by atoms with Crippen LogP contribution in [0.25, 0.3) is 0 Å². The summed E-state index contributed by atoms with van der Waals surface area (Å²) in [6.07, 6.45) is 2.61. The Kier molecular flexibility index (Phi) is 12.1. The van der Waals surface area contributed by atoms with Gasteiger partial charge in [-0.2, -0.15) is 0 Å². The lowest BCUT2D eigenvalue weighted by molar-refractivity contribution is 0.259. The number of benzene rings is 1. The lowest BCUT2D eigenvalue weighted by atomic mass is 10.1. The van der Waals surface area contributed by atoms with Crippen molar-refractivity contribution >= 4 is 40.7 Å². The Balaban J connectivity index is 0.00000264. The van der Waals surface area contributed by atoms with Crippen LogP contribution in [0, 0.1) is 0 Å². The van der Waals surface area contributed by atoms with Crippen molar-refractivity contribution in [3.8, 4) is 11.5 Å². The van der Waals surface area contributed by atoms with E-state index in [4.69, 9.17) is 9.47 Å². The summed E-state index contributed by atoms with van der Waals surface area (Å²) in [6, 6.07) is 4.71. The lowest BCUT2D eigenvalue weighted by Crippen LogP contribution is -2.37. The largest absolute Gasteiger partial charge is 0.493 e. The molecule has 1 aromatic rings. The van der Waals surface area contributed by atoms with E-state index >= 15 is 0 Å². The molecule has 1 heterocycles. The first-order chi connectivity index (χ1) is 10.7. The van der Waals surface area contributed by atoms with Gasteiger partial charge in [0.25, 0.3) is 0 Å². The van der Waals surface area contributed by atoms with Crippen LogP contribution in [0.5, 0.6) is 11.5 Å². The van der Waals surface area contributed by atoms with Crippen LogP contribution in [0.15, 0.2) is 16.6 Å². The number of likely N-dealkylation sites (N-methyl/N-ethyl adjacent to an activating group) is 1. The Morgan fingerprint density at radius 3 is 2.67 bits per heavy atom. The van der Waals surface area contributed by atoms with Gasteiger partial charge >= 0.3 is 0 Å². The maximum atomic E-state index is 5.78. The quantitative estimate of drug-likeness (QED) is 0.650. The van der Waals surface area contributed by atoms with Crippen LogP contribution in [0.1, 0.15) is 32.3 Å². The van der Waals surface area contributed by atoms with Crippen molar-refractivity contribution < 1.29 is 9.47 Å². The van der Waals surface area contributed by atoms with Gasteiger partial charge in [-0.25, -0.2) is 0 Å². The third kappa shape index (κ3) is 6.26. The fourth-order valence-electron chi connectivity index (χ4n) is 3.13. The van der Waals surface area contributed by atoms with Crippen LogP contribution >= 0.6 is 40.7 Å². The molecule has 0 amide bonds. The number of methoxy groups -OCH3 is 1. The van der Waals surface area contributed by atoms with Crippen LogP contribution in [0.4, 0.5) is 0 Å². The molecule has 1 aromatic carbocycles. The van der Waals surface area contributed by atoms with Crippen LogP contribution in [-0.4, -0.2) is 44.3 Å². The van der Waals surface area contributed by atoms with Crippen molar-refractivity contribution in [2.24, 2.45) is 0 Å². The zero-order chi connectivity index (χ0) is 15.9. The summed E-state index contributed by atoms with van der Waals surface area (Å²) < 4.78 is 12.2. The SMILES string of the molecule is CCOc1c(CNCC2CCCN2CC)cc(Br)cc1OC.Cl.Cl. The van der Waals surface area contributed by atoms with Crippen LogP contribution in [0.3, 0.4) is 0 Å². The number of ether oxygens (including phenoxy) is 2. The number of halogens is 3. The van der Waals surface area contributed by atoms with Gasteiger partial charge in [-0.1, -0.05) is 22.9 Å². The molecule has 1 aliphatic heterocycles. The monoisotopic (exact) mass is 442 g/mol. The van der Waals surface area contributed by atoms with Crippen molar-refractivity contribution in [3.05, 3.63) is 22.2 Å². The molecule has 0 aromatic heterocycles. The third-order valence-corrected chi connectivity index (χ3v) is 4.66. The van der Waals surface area contributed by atoms with Gasteiger partial charge in [-0.05, 0) is 45.0 Å². The predicted octanol–water partition coefficient (Wildman–Crippen LogP) is 4.27. The molecule has 2 rings (SSSR count). The highest BCUT2D eigenvalue weighted by Crippen LogP contribution is 2.35. The van der Waals surface area contributed by atoms with E-state index < -0.39 is 0 Å². The Morgan fingerprint density at radius 1 is 1.29 bits per heavy atom. The Bertz CT molecular complexity index is 492. The molecular weight excluding hydrogens is 415 g/mol. The average Bonchev–Trinajstić information content (AvgIpc) is 2.97.